The van der Waals surface area contributed by atoms with Gasteiger partial charge in [-0.2, -0.15) is 0 Å². The van der Waals surface area contributed by atoms with Crippen LogP contribution in [-0.4, -0.2) is 40.8 Å². The normalized spacial score (nSPS) is 37.8. The highest BCUT2D eigenvalue weighted by molar-refractivity contribution is 5.91. The third-order valence-electron chi connectivity index (χ3n) is 8.84. The molecule has 2 bridgehead atoms. The molecule has 5 nitrogen and oxygen atoms in total. The van der Waals surface area contributed by atoms with Gasteiger partial charge in [-0.15, -0.1) is 0 Å². The number of hydrogen-bond acceptors (Lipinski definition) is 5. The van der Waals surface area contributed by atoms with E-state index in [0.29, 0.717) is 18.8 Å². The minimum atomic E-state index is -0.626. The molecule has 180 valence electrons. The summed E-state index contributed by atoms with van der Waals surface area (Å²) in [6, 6.07) is 9.84. The molecule has 7 unspecified atom stereocenters. The Morgan fingerprint density at radius 1 is 1.24 bits per heavy atom. The maximum Gasteiger partial charge on any atom is 0.331 e. The quantitative estimate of drug-likeness (QED) is 0.472. The molecule has 2 saturated heterocycles. The lowest BCUT2D eigenvalue weighted by molar-refractivity contribution is -0.261. The van der Waals surface area contributed by atoms with Gasteiger partial charge in [-0.1, -0.05) is 51.1 Å². The summed E-state index contributed by atoms with van der Waals surface area (Å²) in [6.45, 7) is 10.2. The van der Waals surface area contributed by atoms with Crippen LogP contribution in [0, 0.1) is 29.6 Å². The molecule has 1 N–H and O–H groups in total. The van der Waals surface area contributed by atoms with Gasteiger partial charge in [-0.3, -0.25) is 4.79 Å². The minimum Gasteiger partial charge on any atom is -0.456 e. The van der Waals surface area contributed by atoms with E-state index in [-0.39, 0.29) is 41.5 Å². The van der Waals surface area contributed by atoms with Crippen molar-refractivity contribution in [3.05, 3.63) is 42.0 Å². The van der Waals surface area contributed by atoms with Gasteiger partial charge in [0.25, 0.3) is 0 Å². The van der Waals surface area contributed by atoms with Gasteiger partial charge in [0.2, 0.25) is 0 Å². The standard InChI is InChI=1S/C28H38O5/c1-17(2)28-15-21(14-22(30)16-29)27(5,33-28)23-12-11-18(3)25(23)26(28)32-24(31)13-19(4)20-9-7-6-8-10-20/h6-10,13,17-18,21,23,25-26,29H,11-12,14-16H2,1-5H3/b19-13+. The number of carbonyl (C=O) groups excluding carboxylic acids is 2. The molecule has 33 heavy (non-hydrogen) atoms. The van der Waals surface area contributed by atoms with Gasteiger partial charge in [-0.25, -0.2) is 4.79 Å². The van der Waals surface area contributed by atoms with E-state index in [1.807, 2.05) is 37.3 Å². The van der Waals surface area contributed by atoms with Crippen molar-refractivity contribution in [3.8, 4) is 0 Å². The van der Waals surface area contributed by atoms with E-state index < -0.39 is 17.8 Å². The van der Waals surface area contributed by atoms with Crippen molar-refractivity contribution < 1.29 is 24.2 Å². The predicted octanol–water partition coefficient (Wildman–Crippen LogP) is 4.82. The van der Waals surface area contributed by atoms with E-state index in [1.54, 1.807) is 6.08 Å². The van der Waals surface area contributed by atoms with Gasteiger partial charge in [-0.05, 0) is 67.9 Å². The molecule has 0 spiro atoms. The van der Waals surface area contributed by atoms with Gasteiger partial charge in [0.15, 0.2) is 5.78 Å². The second-order valence-electron chi connectivity index (χ2n) is 11.0. The van der Waals surface area contributed by atoms with Crippen LogP contribution in [0.4, 0.5) is 0 Å². The molecular formula is C28H38O5. The molecule has 1 aromatic rings. The maximum atomic E-state index is 13.2. The van der Waals surface area contributed by atoms with Crippen LogP contribution in [0.25, 0.3) is 5.57 Å². The molecule has 0 radical (unpaired) electrons. The smallest absolute Gasteiger partial charge is 0.331 e. The average Bonchev–Trinajstić information content (AvgIpc) is 3.30. The molecule has 1 aromatic carbocycles. The lowest BCUT2D eigenvalue weighted by Crippen LogP contribution is -2.62. The Labute approximate surface area is 197 Å². The van der Waals surface area contributed by atoms with E-state index in [4.69, 9.17) is 9.47 Å². The van der Waals surface area contributed by atoms with Crippen LogP contribution in [0.1, 0.15) is 65.9 Å². The highest BCUT2D eigenvalue weighted by Crippen LogP contribution is 2.65. The number of aliphatic hydroxyl groups excluding tert-OH is 1. The molecule has 1 aliphatic carbocycles. The van der Waals surface area contributed by atoms with Crippen LogP contribution < -0.4 is 0 Å². The predicted molar refractivity (Wildman–Crippen MR) is 127 cm³/mol. The van der Waals surface area contributed by atoms with Crippen LogP contribution in [0.3, 0.4) is 0 Å². The Morgan fingerprint density at radius 2 is 1.94 bits per heavy atom. The molecule has 1 saturated carbocycles. The Kier molecular flexibility index (Phi) is 6.58. The topological polar surface area (TPSA) is 72.8 Å². The number of fused-ring (bicyclic) bond motifs is 4. The lowest BCUT2D eigenvalue weighted by atomic mass is 9.69. The number of esters is 1. The van der Waals surface area contributed by atoms with Crippen molar-refractivity contribution in [1.82, 2.24) is 0 Å². The van der Waals surface area contributed by atoms with Crippen molar-refractivity contribution in [2.75, 3.05) is 6.61 Å². The summed E-state index contributed by atoms with van der Waals surface area (Å²) in [5, 5.41) is 9.41. The highest BCUT2D eigenvalue weighted by atomic mass is 16.6. The number of ether oxygens (including phenoxy) is 2. The van der Waals surface area contributed by atoms with Crippen molar-refractivity contribution in [2.24, 2.45) is 29.6 Å². The van der Waals surface area contributed by atoms with E-state index in [2.05, 4.69) is 27.7 Å². The molecule has 0 amide bonds. The Morgan fingerprint density at radius 3 is 2.58 bits per heavy atom. The molecular weight excluding hydrogens is 416 g/mol. The number of aliphatic hydroxyl groups is 1. The summed E-state index contributed by atoms with van der Waals surface area (Å²) in [5.41, 5.74) is 0.799. The highest BCUT2D eigenvalue weighted by Gasteiger charge is 2.70. The second kappa shape index (κ2) is 8.99. The first-order valence-corrected chi connectivity index (χ1v) is 12.4. The summed E-state index contributed by atoms with van der Waals surface area (Å²) < 4.78 is 13.2. The first kappa shape index (κ1) is 24.2. The minimum absolute atomic E-state index is 0.0163. The molecule has 4 rings (SSSR count). The van der Waals surface area contributed by atoms with Crippen molar-refractivity contribution in [1.29, 1.82) is 0 Å². The van der Waals surface area contributed by atoms with Crippen LogP contribution in [-0.2, 0) is 19.1 Å². The first-order chi connectivity index (χ1) is 15.6. The fourth-order valence-corrected chi connectivity index (χ4v) is 7.00. The Hall–Kier alpha value is -1.98. The van der Waals surface area contributed by atoms with Gasteiger partial charge in [0.1, 0.15) is 18.3 Å². The number of rotatable bonds is 7. The number of benzene rings is 1. The van der Waals surface area contributed by atoms with Crippen molar-refractivity contribution in [3.63, 3.8) is 0 Å². The summed E-state index contributed by atoms with van der Waals surface area (Å²) in [7, 11) is 0. The molecule has 5 heteroatoms. The monoisotopic (exact) mass is 454 g/mol. The summed E-state index contributed by atoms with van der Waals surface area (Å²) in [5.74, 6) is 0.514. The number of hydrogen-bond donors (Lipinski definition) is 1. The number of allylic oxidation sites excluding steroid dienone is 1. The maximum absolute atomic E-state index is 13.2. The zero-order valence-electron chi connectivity index (χ0n) is 20.5. The number of carbonyl (C=O) groups is 2. The SMILES string of the molecule is C/C(=C\C(=O)OC1C2C(C)CCC2C2(C)OC1(C(C)C)CC2CC(=O)CO)c1ccccc1. The summed E-state index contributed by atoms with van der Waals surface area (Å²) in [6.07, 6.45) is 4.30. The van der Waals surface area contributed by atoms with Gasteiger partial charge >= 0.3 is 5.97 Å². The van der Waals surface area contributed by atoms with Crippen LogP contribution in [0.15, 0.2) is 36.4 Å². The van der Waals surface area contributed by atoms with Gasteiger partial charge in [0.05, 0.1) is 5.60 Å². The van der Waals surface area contributed by atoms with Crippen molar-refractivity contribution >= 4 is 17.3 Å². The molecule has 3 aliphatic rings. The summed E-state index contributed by atoms with van der Waals surface area (Å²) in [4.78, 5) is 25.4. The van der Waals surface area contributed by atoms with Gasteiger partial charge in [0, 0.05) is 18.4 Å². The number of ketones is 1. The van der Waals surface area contributed by atoms with Gasteiger partial charge < -0.3 is 14.6 Å². The Bertz CT molecular complexity index is 921. The van der Waals surface area contributed by atoms with Crippen LogP contribution >= 0.6 is 0 Å². The fraction of sp³-hybridized carbons (Fsp3) is 0.643. The average molecular weight is 455 g/mol. The van der Waals surface area contributed by atoms with E-state index in [0.717, 1.165) is 24.0 Å². The zero-order valence-corrected chi connectivity index (χ0v) is 20.5. The van der Waals surface area contributed by atoms with Crippen LogP contribution in [0.5, 0.6) is 0 Å². The number of Topliss-reactive ketones (excluding diaryl/α,β-unsaturated/α-hetero) is 1. The fourth-order valence-electron chi connectivity index (χ4n) is 7.00. The lowest BCUT2D eigenvalue weighted by Gasteiger charge is -2.53. The van der Waals surface area contributed by atoms with Crippen LogP contribution in [0.2, 0.25) is 0 Å². The van der Waals surface area contributed by atoms with E-state index in [1.165, 1.54) is 0 Å². The molecule has 7 atom stereocenters. The third kappa shape index (κ3) is 4.08. The molecule has 2 aliphatic heterocycles. The second-order valence-corrected chi connectivity index (χ2v) is 11.0. The Balaban J connectivity index is 1.68. The third-order valence-corrected chi connectivity index (χ3v) is 8.84. The largest absolute Gasteiger partial charge is 0.456 e. The van der Waals surface area contributed by atoms with E-state index in [9.17, 15) is 14.7 Å². The first-order valence-electron chi connectivity index (χ1n) is 12.4. The summed E-state index contributed by atoms with van der Waals surface area (Å²) >= 11 is 0. The molecule has 3 fully saturated rings. The molecule has 0 aromatic heterocycles. The zero-order chi connectivity index (χ0) is 24.0. The molecule has 2 heterocycles. The van der Waals surface area contributed by atoms with E-state index >= 15 is 0 Å². The van der Waals surface area contributed by atoms with Crippen molar-refractivity contribution in [2.45, 2.75) is 77.6 Å².